The Morgan fingerprint density at radius 1 is 1.23 bits per heavy atom. The largest absolute Gasteiger partial charge is 0.533 e. The molecule has 0 radical (unpaired) electrons. The van der Waals surface area contributed by atoms with Gasteiger partial charge in [0, 0.05) is 0 Å². The van der Waals surface area contributed by atoms with Crippen LogP contribution in [0.2, 0.25) is 0 Å². The maximum absolute atomic E-state index is 13.5. The van der Waals surface area contributed by atoms with Gasteiger partial charge in [0.05, 0.1) is 17.7 Å². The summed E-state index contributed by atoms with van der Waals surface area (Å²) in [5.41, 5.74) is 3.37. The first-order valence-corrected chi connectivity index (χ1v) is 13.2. The number of aromatic nitrogens is 3. The quantitative estimate of drug-likeness (QED) is 0.194. The average Bonchev–Trinajstić information content (AvgIpc) is 3.44. The van der Waals surface area contributed by atoms with Crippen molar-refractivity contribution < 1.29 is 42.6 Å². The van der Waals surface area contributed by atoms with Gasteiger partial charge in [-0.3, -0.25) is 9.32 Å². The van der Waals surface area contributed by atoms with E-state index < -0.39 is 56.5 Å². The number of phosphoric ester groups is 1. The molecule has 1 aliphatic heterocycles. The number of carbonyl (C=O) groups is 1. The standard InChI is InChI=1S/C24H28N5O9P/c1-23(2,3)22(32)34-14-36-39(33,38-15-7-5-4-6-8-15)35-11-17-19(30)20(31)24(12-25,37-17)18-10-9-16-21(26)27-13-28-29(16)18/h4-10,13,17,19-20,30-31H,11,14H2,1-3H3,(H2,26,27,28)/t17-,19-,20-,24+,39+/m1/s1. The van der Waals surface area contributed by atoms with E-state index in [0.717, 1.165) is 6.33 Å². The second kappa shape index (κ2) is 10.9. The van der Waals surface area contributed by atoms with Gasteiger partial charge in [-0.05, 0) is 45.0 Å². The van der Waals surface area contributed by atoms with Crippen molar-refractivity contribution in [1.82, 2.24) is 14.6 Å². The molecule has 1 fully saturated rings. The summed E-state index contributed by atoms with van der Waals surface area (Å²) >= 11 is 0. The van der Waals surface area contributed by atoms with Crippen molar-refractivity contribution in [1.29, 1.82) is 5.26 Å². The smallest absolute Gasteiger partial charge is 0.437 e. The van der Waals surface area contributed by atoms with Crippen molar-refractivity contribution >= 4 is 25.1 Å². The van der Waals surface area contributed by atoms with Crippen LogP contribution in [0, 0.1) is 16.7 Å². The lowest BCUT2D eigenvalue weighted by Gasteiger charge is -2.24. The number of anilines is 1. The van der Waals surface area contributed by atoms with Crippen LogP contribution in [-0.4, -0.2) is 62.5 Å². The minimum absolute atomic E-state index is 0.0808. The third-order valence-corrected chi connectivity index (χ3v) is 7.18. The van der Waals surface area contributed by atoms with Crippen LogP contribution < -0.4 is 10.3 Å². The SMILES string of the molecule is CC(C)(C)C(=O)OCO[P@](=O)(OC[C@H]1O[C@@](C#N)(c2ccc3c(N)ncnn23)[C@H](O)[C@@H]1O)Oc1ccccc1. The predicted octanol–water partition coefficient (Wildman–Crippen LogP) is 1.92. The summed E-state index contributed by atoms with van der Waals surface area (Å²) in [6, 6.07) is 12.8. The molecular weight excluding hydrogens is 533 g/mol. The molecule has 0 bridgehead atoms. The van der Waals surface area contributed by atoms with Crippen LogP contribution in [0.4, 0.5) is 5.82 Å². The number of nitrogens with two attached hydrogens (primary N) is 1. The Balaban J connectivity index is 1.54. The Labute approximate surface area is 223 Å². The van der Waals surface area contributed by atoms with Crippen LogP contribution in [-0.2, 0) is 33.5 Å². The van der Waals surface area contributed by atoms with Gasteiger partial charge in [0.25, 0.3) is 0 Å². The molecule has 3 heterocycles. The zero-order chi connectivity index (χ0) is 28.4. The molecule has 1 aromatic carbocycles. The van der Waals surface area contributed by atoms with Gasteiger partial charge in [0.1, 0.15) is 42.0 Å². The lowest BCUT2D eigenvalue weighted by Crippen LogP contribution is -2.41. The van der Waals surface area contributed by atoms with E-state index in [9.17, 15) is 24.8 Å². The topological polar surface area (TPSA) is 201 Å². The number of aliphatic hydroxyl groups excluding tert-OH is 2. The van der Waals surface area contributed by atoms with E-state index in [0.29, 0.717) is 5.52 Å². The number of carbonyl (C=O) groups excluding carboxylic acids is 1. The number of hydrogen-bond donors (Lipinski definition) is 3. The molecule has 4 N–H and O–H groups in total. The van der Waals surface area contributed by atoms with E-state index in [1.54, 1.807) is 39.0 Å². The number of nitrogen functional groups attached to an aromatic ring is 1. The van der Waals surface area contributed by atoms with Crippen LogP contribution in [0.1, 0.15) is 26.5 Å². The molecule has 0 unspecified atom stereocenters. The van der Waals surface area contributed by atoms with Crippen LogP contribution >= 0.6 is 7.82 Å². The van der Waals surface area contributed by atoms with Gasteiger partial charge in [-0.1, -0.05) is 18.2 Å². The maximum Gasteiger partial charge on any atom is 0.533 e. The normalized spacial score (nSPS) is 24.7. The van der Waals surface area contributed by atoms with Crippen molar-refractivity contribution in [3.05, 3.63) is 54.5 Å². The first-order valence-electron chi connectivity index (χ1n) is 11.7. The fourth-order valence-corrected chi connectivity index (χ4v) is 4.85. The van der Waals surface area contributed by atoms with Gasteiger partial charge in [-0.2, -0.15) is 10.4 Å². The van der Waals surface area contributed by atoms with Crippen molar-refractivity contribution in [2.45, 2.75) is 44.7 Å². The van der Waals surface area contributed by atoms with E-state index in [1.165, 1.54) is 28.8 Å². The Kier molecular flexibility index (Phi) is 7.94. The van der Waals surface area contributed by atoms with Crippen LogP contribution in [0.25, 0.3) is 5.52 Å². The highest BCUT2D eigenvalue weighted by molar-refractivity contribution is 7.48. The molecule has 3 aromatic rings. The zero-order valence-electron chi connectivity index (χ0n) is 21.3. The Morgan fingerprint density at radius 3 is 2.62 bits per heavy atom. The lowest BCUT2D eigenvalue weighted by molar-refractivity contribution is -0.160. The third-order valence-electron chi connectivity index (χ3n) is 5.86. The van der Waals surface area contributed by atoms with Gasteiger partial charge in [-0.15, -0.1) is 0 Å². The summed E-state index contributed by atoms with van der Waals surface area (Å²) in [5, 5.41) is 35.8. The minimum Gasteiger partial charge on any atom is -0.437 e. The number of hydrogen-bond acceptors (Lipinski definition) is 13. The zero-order valence-corrected chi connectivity index (χ0v) is 22.2. The van der Waals surface area contributed by atoms with E-state index in [1.807, 2.05) is 6.07 Å². The molecule has 4 rings (SSSR count). The number of ether oxygens (including phenoxy) is 2. The summed E-state index contributed by atoms with van der Waals surface area (Å²) in [6.07, 6.45) is -3.61. The molecule has 1 saturated heterocycles. The van der Waals surface area contributed by atoms with Gasteiger partial charge in [0.15, 0.2) is 5.82 Å². The Morgan fingerprint density at radius 2 is 1.95 bits per heavy atom. The molecule has 39 heavy (non-hydrogen) atoms. The number of aliphatic hydroxyl groups is 2. The molecular formula is C24H28N5O9P. The van der Waals surface area contributed by atoms with Crippen molar-refractivity contribution in [3.8, 4) is 11.8 Å². The Hall–Kier alpha value is -3.57. The number of rotatable bonds is 9. The molecule has 15 heteroatoms. The van der Waals surface area contributed by atoms with Crippen LogP contribution in [0.15, 0.2) is 48.8 Å². The number of benzene rings is 1. The lowest BCUT2D eigenvalue weighted by atomic mass is 9.92. The highest BCUT2D eigenvalue weighted by Gasteiger charge is 2.58. The first kappa shape index (κ1) is 28.4. The summed E-state index contributed by atoms with van der Waals surface area (Å²) in [5.74, 6) is -0.367. The number of esters is 1. The predicted molar refractivity (Wildman–Crippen MR) is 134 cm³/mol. The highest BCUT2D eigenvalue weighted by Crippen LogP contribution is 2.51. The fourth-order valence-electron chi connectivity index (χ4n) is 3.78. The molecule has 0 aliphatic carbocycles. The van der Waals surface area contributed by atoms with Crippen LogP contribution in [0.3, 0.4) is 0 Å². The molecule has 0 saturated carbocycles. The number of para-hydroxylation sites is 1. The minimum atomic E-state index is -4.48. The molecule has 1 aliphatic rings. The molecule has 2 aromatic heterocycles. The molecule has 208 valence electrons. The summed E-state index contributed by atoms with van der Waals surface area (Å²) in [4.78, 5) is 16.0. The highest BCUT2D eigenvalue weighted by atomic mass is 31.2. The summed E-state index contributed by atoms with van der Waals surface area (Å²) in [6.45, 7) is 3.50. The third kappa shape index (κ3) is 5.74. The number of phosphoric acid groups is 1. The van der Waals surface area contributed by atoms with E-state index in [-0.39, 0.29) is 17.3 Å². The fraction of sp³-hybridized carbons (Fsp3) is 0.417. The monoisotopic (exact) mass is 561 g/mol. The second-order valence-corrected chi connectivity index (χ2v) is 11.3. The number of nitriles is 1. The molecule has 0 amide bonds. The maximum atomic E-state index is 13.5. The Bertz CT molecular complexity index is 1420. The molecule has 0 spiro atoms. The number of fused-ring (bicyclic) bond motifs is 1. The van der Waals surface area contributed by atoms with Gasteiger partial charge in [0.2, 0.25) is 12.4 Å². The van der Waals surface area contributed by atoms with Crippen molar-refractivity contribution in [2.75, 3.05) is 19.1 Å². The summed E-state index contributed by atoms with van der Waals surface area (Å²) < 4.78 is 41.6. The number of nitrogens with zero attached hydrogens (tertiary/aromatic N) is 4. The van der Waals surface area contributed by atoms with Crippen LogP contribution in [0.5, 0.6) is 5.75 Å². The molecule has 5 atom stereocenters. The first-order chi connectivity index (χ1) is 18.4. The van der Waals surface area contributed by atoms with E-state index in [4.69, 9.17) is 28.8 Å². The molecule has 14 nitrogen and oxygen atoms in total. The second-order valence-electron chi connectivity index (χ2n) is 9.68. The average molecular weight is 561 g/mol. The van der Waals surface area contributed by atoms with E-state index >= 15 is 0 Å². The van der Waals surface area contributed by atoms with Gasteiger partial charge < -0.3 is 29.9 Å². The summed E-state index contributed by atoms with van der Waals surface area (Å²) in [7, 11) is -4.48. The van der Waals surface area contributed by atoms with Gasteiger partial charge in [-0.25, -0.2) is 18.6 Å². The van der Waals surface area contributed by atoms with Crippen molar-refractivity contribution in [2.24, 2.45) is 5.41 Å². The van der Waals surface area contributed by atoms with Crippen molar-refractivity contribution in [3.63, 3.8) is 0 Å². The van der Waals surface area contributed by atoms with E-state index in [2.05, 4.69) is 10.1 Å². The van der Waals surface area contributed by atoms with Gasteiger partial charge >= 0.3 is 13.8 Å².